The van der Waals surface area contributed by atoms with Crippen LogP contribution in [0.1, 0.15) is 129 Å². The molecule has 0 radical (unpaired) electrons. The number of nitrogens with one attached hydrogen (secondary N) is 3. The van der Waals surface area contributed by atoms with Crippen molar-refractivity contribution in [2.45, 2.75) is 122 Å². The van der Waals surface area contributed by atoms with Crippen LogP contribution < -0.4 is 20.9 Å². The van der Waals surface area contributed by atoms with Crippen molar-refractivity contribution >= 4 is 76.1 Å². The van der Waals surface area contributed by atoms with Crippen LogP contribution in [0.3, 0.4) is 0 Å². The maximum atomic E-state index is 14.7. The Kier molecular flexibility index (Phi) is 15.6. The van der Waals surface area contributed by atoms with Gasteiger partial charge in [-0.3, -0.25) is 43.4 Å². The van der Waals surface area contributed by atoms with Crippen LogP contribution in [0, 0.1) is 17.3 Å². The molecule has 16 nitrogen and oxygen atoms in total. The molecule has 1 aromatic heterocycles. The van der Waals surface area contributed by atoms with Gasteiger partial charge in [-0.05, 0) is 95.5 Å². The molecule has 2 fully saturated rings. The third-order valence-electron chi connectivity index (χ3n) is 13.1. The lowest BCUT2D eigenvalue weighted by atomic mass is 9.85. The van der Waals surface area contributed by atoms with Crippen molar-refractivity contribution < 1.29 is 56.7 Å². The summed E-state index contributed by atoms with van der Waals surface area (Å²) in [5.41, 5.74) is -2.99. The molecule has 20 heteroatoms. The summed E-state index contributed by atoms with van der Waals surface area (Å²) in [7, 11) is -5.84. The van der Waals surface area contributed by atoms with E-state index in [1.165, 1.54) is 26.8 Å². The van der Waals surface area contributed by atoms with Gasteiger partial charge in [-0.2, -0.15) is 8.78 Å². The van der Waals surface area contributed by atoms with E-state index < -0.39 is 66.0 Å². The molecule has 0 saturated carbocycles. The highest BCUT2D eigenvalue weighted by Crippen LogP contribution is 2.59. The molecule has 0 bridgehead atoms. The number of alkyl halides is 2. The van der Waals surface area contributed by atoms with Gasteiger partial charge in [0.25, 0.3) is 11.8 Å². The fraction of sp³-hybridized carbons (Fsp3) is 0.442. The van der Waals surface area contributed by atoms with Gasteiger partial charge in [0, 0.05) is 72.5 Å². The first-order chi connectivity index (χ1) is 33.8. The summed E-state index contributed by atoms with van der Waals surface area (Å²) in [6.07, 6.45) is 2.12. The van der Waals surface area contributed by atoms with E-state index in [2.05, 4.69) is 48.6 Å². The number of nitrogens with zero attached hydrogens (tertiary/aromatic N) is 3. The van der Waals surface area contributed by atoms with Crippen LogP contribution in [0.25, 0.3) is 10.1 Å². The van der Waals surface area contributed by atoms with Crippen molar-refractivity contribution in [3.8, 4) is 11.8 Å². The van der Waals surface area contributed by atoms with Crippen molar-refractivity contribution in [3.05, 3.63) is 99.4 Å². The average Bonchev–Trinajstić information content (AvgIpc) is 4.06. The smallest absolute Gasteiger partial charge is 0.356 e. The summed E-state index contributed by atoms with van der Waals surface area (Å²) in [5.74, 6) is 3.25. The number of hydrogen-bond acceptors (Lipinski definition) is 9. The highest BCUT2D eigenvalue weighted by molar-refractivity contribution is 7.52. The number of carbonyl (C=O) groups excluding carboxylic acids is 7. The van der Waals surface area contributed by atoms with E-state index in [-0.39, 0.29) is 72.3 Å². The Balaban J connectivity index is 0.995. The van der Waals surface area contributed by atoms with E-state index in [9.17, 15) is 56.7 Å². The molecule has 2 saturated heterocycles. The van der Waals surface area contributed by atoms with Crippen molar-refractivity contribution in [2.75, 3.05) is 24.5 Å². The Morgan fingerprint density at radius 1 is 0.958 bits per heavy atom. The maximum Gasteiger partial charge on any atom is 0.399 e. The van der Waals surface area contributed by atoms with Gasteiger partial charge >= 0.3 is 13.3 Å². The van der Waals surface area contributed by atoms with Crippen molar-refractivity contribution in [2.24, 2.45) is 5.41 Å². The van der Waals surface area contributed by atoms with Crippen LogP contribution in [-0.2, 0) is 46.2 Å². The number of imide groups is 1. The molecular weight excluding hydrogens is 970 g/mol. The number of halogens is 2. The third-order valence-corrected chi connectivity index (χ3v) is 15.2. The number of amides is 7. The molecule has 72 heavy (non-hydrogen) atoms. The lowest BCUT2D eigenvalue weighted by molar-refractivity contribution is -0.141. The molecule has 3 unspecified atom stereocenters. The number of fused-ring (bicyclic) bond motifs is 2. The van der Waals surface area contributed by atoms with Gasteiger partial charge in [-0.1, -0.05) is 77.6 Å². The molecule has 7 amide bonds. The Bertz CT molecular complexity index is 2930. The topological polar surface area (TPSA) is 223 Å². The van der Waals surface area contributed by atoms with E-state index in [0.29, 0.717) is 53.7 Å². The largest absolute Gasteiger partial charge is 0.399 e. The average molecular weight is 1030 g/mol. The number of carbonyl (C=O) groups is 7. The highest BCUT2D eigenvalue weighted by atomic mass is 32.1. The van der Waals surface area contributed by atoms with Gasteiger partial charge in [0.1, 0.15) is 18.1 Å². The number of unbranched alkanes of at least 4 members (excludes halogenated alkanes) is 1. The zero-order chi connectivity index (χ0) is 52.5. The van der Waals surface area contributed by atoms with Gasteiger partial charge in [-0.15, -0.1) is 11.3 Å². The van der Waals surface area contributed by atoms with Crippen LogP contribution in [-0.4, -0.2) is 98.7 Å². The molecule has 0 spiro atoms. The Hall–Kier alpha value is -6.32. The molecule has 5 N–H and O–H groups in total. The second kappa shape index (κ2) is 21.0. The molecule has 4 aromatic rings. The molecule has 3 atom stereocenters. The number of likely N-dealkylation sites (tertiary alicyclic amines) is 1. The molecule has 3 aliphatic rings. The number of piperidine rings is 1. The van der Waals surface area contributed by atoms with Gasteiger partial charge in [0.2, 0.25) is 29.5 Å². The zero-order valence-corrected chi connectivity index (χ0v) is 42.7. The Morgan fingerprint density at radius 3 is 2.33 bits per heavy atom. The summed E-state index contributed by atoms with van der Waals surface area (Å²) in [6.45, 7) is 12.2. The molecule has 4 heterocycles. The lowest BCUT2D eigenvalue weighted by Gasteiger charge is -2.36. The van der Waals surface area contributed by atoms with E-state index in [1.54, 1.807) is 32.9 Å². The predicted molar refractivity (Wildman–Crippen MR) is 267 cm³/mol. The maximum absolute atomic E-state index is 14.7. The highest BCUT2D eigenvalue weighted by Gasteiger charge is 2.50. The monoisotopic (exact) mass is 1030 g/mol. The van der Waals surface area contributed by atoms with Gasteiger partial charge in [-0.25, -0.2) is 0 Å². The predicted octanol–water partition coefficient (Wildman–Crippen LogP) is 6.69. The minimum atomic E-state index is -5.84. The lowest BCUT2D eigenvalue weighted by Crippen LogP contribution is -2.58. The Labute approximate surface area is 420 Å². The summed E-state index contributed by atoms with van der Waals surface area (Å²) in [6, 6.07) is 14.3. The molecule has 382 valence electrons. The third kappa shape index (κ3) is 11.6. The van der Waals surface area contributed by atoms with E-state index in [1.807, 2.05) is 30.3 Å². The van der Waals surface area contributed by atoms with Crippen molar-refractivity contribution in [1.29, 1.82) is 0 Å². The van der Waals surface area contributed by atoms with Crippen LogP contribution in [0.2, 0.25) is 0 Å². The summed E-state index contributed by atoms with van der Waals surface area (Å²) < 4.78 is 41.0. The summed E-state index contributed by atoms with van der Waals surface area (Å²) in [4.78, 5) is 117. The van der Waals surface area contributed by atoms with Crippen LogP contribution >= 0.6 is 18.9 Å². The quantitative estimate of drug-likeness (QED) is 0.0390. The minimum absolute atomic E-state index is 0.00126. The molecule has 0 aliphatic carbocycles. The van der Waals surface area contributed by atoms with Crippen molar-refractivity contribution in [1.82, 2.24) is 25.8 Å². The van der Waals surface area contributed by atoms with Crippen LogP contribution in [0.15, 0.2) is 66.7 Å². The number of anilines is 1. The standard InChI is InChI=1S/C52H59F2N6O10PS/c1-50(2,3)33-16-19-35(20-17-33)58(27-24-42(61)55-25-9-7-8-12-31-13-10-14-36-37(31)30-60(47(36)65)38-21-23-43(62)56-45(38)63)48(66)39-15-11-26-59(39)49(67)44(51(4,5)6)57-46(64)41-29-32-28-34(18-22-40(32)72-41)52(53,54)71(68,69)70/h10,13-14,16-20,22,28-29,38-39,44H,7,9,11,15,21,23-27,30H2,1-6H3,(H,55,61)(H,57,64)(H,56,62,63)(H2,68,69,70). The molecular formula is C52H59F2N6O10PS. The first kappa shape index (κ1) is 53.5. The zero-order valence-electron chi connectivity index (χ0n) is 41.0. The molecule has 3 aliphatic heterocycles. The number of thiophene rings is 1. The second-order valence-corrected chi connectivity index (χ2v) is 23.2. The second-order valence-electron chi connectivity index (χ2n) is 20.4. The van der Waals surface area contributed by atoms with Crippen LogP contribution in [0.5, 0.6) is 0 Å². The Morgan fingerprint density at radius 2 is 1.67 bits per heavy atom. The number of hydrogen-bond donors (Lipinski definition) is 5. The van der Waals surface area contributed by atoms with Gasteiger partial charge in [0.05, 0.1) is 4.88 Å². The summed E-state index contributed by atoms with van der Waals surface area (Å²) in [5, 5.41) is 8.19. The SMILES string of the molecule is CC(C)(C)c1ccc(N(CCC(=O)NCCCC#Cc2cccc3c2CN(C2CCC(=O)NC2=O)C3=O)C(=O)C2CCCN2C(=O)C(NC(=O)c2cc3cc(C(F)(F)P(=O)(O)O)ccc3s2)C(C)(C)C)cc1. The molecule has 3 aromatic carbocycles. The van der Waals surface area contributed by atoms with E-state index >= 15 is 0 Å². The normalized spacial score (nSPS) is 17.8. The van der Waals surface area contributed by atoms with Crippen molar-refractivity contribution in [3.63, 3.8) is 0 Å². The number of rotatable bonds is 14. The number of benzene rings is 3. The fourth-order valence-corrected chi connectivity index (χ4v) is 10.5. The van der Waals surface area contributed by atoms with Gasteiger partial charge in [0.15, 0.2) is 0 Å². The summed E-state index contributed by atoms with van der Waals surface area (Å²) >= 11 is 0.958. The first-order valence-corrected chi connectivity index (χ1v) is 26.2. The van der Waals surface area contributed by atoms with E-state index in [0.717, 1.165) is 34.6 Å². The molecule has 7 rings (SSSR count). The first-order valence-electron chi connectivity index (χ1n) is 23.8. The fourth-order valence-electron chi connectivity index (χ4n) is 9.07. The van der Waals surface area contributed by atoms with Crippen LogP contribution in [0.4, 0.5) is 14.5 Å². The van der Waals surface area contributed by atoms with Gasteiger partial charge < -0.3 is 35.1 Å². The minimum Gasteiger partial charge on any atom is -0.356 e. The van der Waals surface area contributed by atoms with E-state index in [4.69, 9.17) is 0 Å².